The third-order valence-electron chi connectivity index (χ3n) is 6.92. The SMILES string of the molecule is C=CCN(F)/C=C(\C)C(=C)/C=C(\C)C/C=C\C/C(OCC/C=C/C/C(C)=C/C(C(/C)=C\C)=C(/C)C=C)=C(\C=C/C)NC(=C)/C=C\C. The van der Waals surface area contributed by atoms with Crippen molar-refractivity contribution >= 4 is 0 Å². The van der Waals surface area contributed by atoms with Gasteiger partial charge in [-0.25, -0.2) is 5.12 Å². The van der Waals surface area contributed by atoms with Crippen molar-refractivity contribution in [3.8, 4) is 0 Å². The molecule has 0 radical (unpaired) electrons. The number of rotatable bonds is 22. The Morgan fingerprint density at radius 1 is 0.804 bits per heavy atom. The first-order chi connectivity index (χ1) is 21.9. The highest BCUT2D eigenvalue weighted by molar-refractivity contribution is 5.46. The lowest BCUT2D eigenvalue weighted by Gasteiger charge is -2.15. The Labute approximate surface area is 281 Å². The minimum atomic E-state index is 0.138. The molecule has 4 heteroatoms. The van der Waals surface area contributed by atoms with E-state index in [0.29, 0.717) is 18.1 Å². The van der Waals surface area contributed by atoms with Crippen LogP contribution in [0, 0.1) is 0 Å². The molecule has 0 unspecified atom stereocenters. The largest absolute Gasteiger partial charge is 0.495 e. The van der Waals surface area contributed by atoms with Gasteiger partial charge in [0, 0.05) is 18.3 Å². The van der Waals surface area contributed by atoms with Crippen molar-refractivity contribution in [3.05, 3.63) is 168 Å². The van der Waals surface area contributed by atoms with Crippen LogP contribution in [-0.2, 0) is 4.74 Å². The molecule has 250 valence electrons. The van der Waals surface area contributed by atoms with E-state index in [0.717, 1.165) is 53.1 Å². The van der Waals surface area contributed by atoms with E-state index >= 15 is 0 Å². The van der Waals surface area contributed by atoms with Crippen molar-refractivity contribution in [2.75, 3.05) is 13.2 Å². The highest BCUT2D eigenvalue weighted by atomic mass is 19.2. The quantitative estimate of drug-likeness (QED) is 0.0425. The van der Waals surface area contributed by atoms with Gasteiger partial charge in [0.1, 0.15) is 5.76 Å². The molecule has 0 saturated heterocycles. The lowest BCUT2D eigenvalue weighted by molar-refractivity contribution is 0.105. The maximum atomic E-state index is 13.8. The Hall–Kier alpha value is -4.31. The molecule has 3 nitrogen and oxygen atoms in total. The molecule has 0 aliphatic rings. The first kappa shape index (κ1) is 41.7. The summed E-state index contributed by atoms with van der Waals surface area (Å²) in [5.74, 6) is 0.844. The number of allylic oxidation sites excluding steroid dienone is 18. The topological polar surface area (TPSA) is 24.5 Å². The van der Waals surface area contributed by atoms with Crippen LogP contribution < -0.4 is 5.32 Å². The average molecular weight is 627 g/mol. The highest BCUT2D eigenvalue weighted by Gasteiger charge is 2.06. The van der Waals surface area contributed by atoms with E-state index < -0.39 is 0 Å². The van der Waals surface area contributed by atoms with Crippen molar-refractivity contribution < 1.29 is 9.22 Å². The average Bonchev–Trinajstić information content (AvgIpc) is 3.01. The van der Waals surface area contributed by atoms with Crippen LogP contribution >= 0.6 is 0 Å². The number of nitrogens with one attached hydrogen (secondary N) is 1. The van der Waals surface area contributed by atoms with Gasteiger partial charge in [-0.1, -0.05) is 97.7 Å². The Balaban J connectivity index is 5.63. The zero-order chi connectivity index (χ0) is 34.9. The molecule has 0 aromatic rings. The van der Waals surface area contributed by atoms with Gasteiger partial charge in [0.15, 0.2) is 0 Å². The molecule has 0 aliphatic heterocycles. The van der Waals surface area contributed by atoms with Crippen LogP contribution in [0.15, 0.2) is 168 Å². The van der Waals surface area contributed by atoms with Crippen molar-refractivity contribution in [2.45, 2.75) is 81.1 Å². The number of hydrogen-bond donors (Lipinski definition) is 1. The Morgan fingerprint density at radius 2 is 1.41 bits per heavy atom. The van der Waals surface area contributed by atoms with Gasteiger partial charge in [0.25, 0.3) is 0 Å². The first-order valence-electron chi connectivity index (χ1n) is 16.0. The maximum absolute atomic E-state index is 13.8. The summed E-state index contributed by atoms with van der Waals surface area (Å²) in [6.07, 6.45) is 30.8. The molecule has 0 fully saturated rings. The zero-order valence-corrected chi connectivity index (χ0v) is 29.9. The van der Waals surface area contributed by atoms with E-state index in [1.165, 1.54) is 34.6 Å². The summed E-state index contributed by atoms with van der Waals surface area (Å²) in [5, 5.41) is 3.99. The number of halogens is 1. The molecule has 0 aliphatic carbocycles. The molecule has 0 amide bonds. The van der Waals surface area contributed by atoms with E-state index in [4.69, 9.17) is 4.74 Å². The van der Waals surface area contributed by atoms with Gasteiger partial charge in [0.2, 0.25) is 0 Å². The number of nitrogens with zero attached hydrogens (tertiary/aromatic N) is 1. The molecule has 1 N–H and O–H groups in total. The van der Waals surface area contributed by atoms with E-state index in [9.17, 15) is 4.48 Å². The summed E-state index contributed by atoms with van der Waals surface area (Å²) >= 11 is 0. The summed E-state index contributed by atoms with van der Waals surface area (Å²) in [4.78, 5) is 0. The standard InChI is InChI=1S/C42H59FN2O/c1-13-23-39(12)44-41(24-14-2)42(27-21-20-26-33(6)30-37(10)38(11)32-45(43)28-15-3)46-29-22-18-19-25-34(7)31-40(35(8)16-4)36(9)17-5/h13-21,23-24,30-32,44H,3-4,10,12,22,25-29H2,1-2,5-9,11H3/b19-18+,21-20-,23-13-,24-14-,33-30+,34-31+,36-17-,38-32+,40-35+,42-41-. The fourth-order valence-corrected chi connectivity index (χ4v) is 4.18. The van der Waals surface area contributed by atoms with Gasteiger partial charge in [0.05, 0.1) is 18.8 Å². The summed E-state index contributed by atoms with van der Waals surface area (Å²) < 4.78 is 20.1. The van der Waals surface area contributed by atoms with Crippen LogP contribution in [0.4, 0.5) is 4.48 Å². The summed E-state index contributed by atoms with van der Waals surface area (Å²) in [5.41, 5.74) is 9.28. The smallest absolute Gasteiger partial charge is 0.123 e. The Kier molecular flexibility index (Phi) is 22.6. The van der Waals surface area contributed by atoms with E-state index in [1.807, 2.05) is 64.2 Å². The minimum absolute atomic E-state index is 0.138. The number of ether oxygens (including phenoxy) is 1. The van der Waals surface area contributed by atoms with Gasteiger partial charge in [-0.2, -0.15) is 0 Å². The Morgan fingerprint density at radius 3 is 2.00 bits per heavy atom. The van der Waals surface area contributed by atoms with E-state index in [-0.39, 0.29) is 6.54 Å². The van der Waals surface area contributed by atoms with Gasteiger partial charge in [-0.15, -0.1) is 11.1 Å². The summed E-state index contributed by atoms with van der Waals surface area (Å²) in [6.45, 7) is 32.7. The molecule has 0 aromatic heterocycles. The predicted octanol–water partition coefficient (Wildman–Crippen LogP) is 12.3. The molecule has 0 bridgehead atoms. The van der Waals surface area contributed by atoms with Gasteiger partial charge < -0.3 is 10.1 Å². The second kappa shape index (κ2) is 24.9. The molecule has 46 heavy (non-hydrogen) atoms. The van der Waals surface area contributed by atoms with Crippen LogP contribution in [0.5, 0.6) is 0 Å². The monoisotopic (exact) mass is 626 g/mol. The van der Waals surface area contributed by atoms with Crippen LogP contribution in [0.3, 0.4) is 0 Å². The summed E-state index contributed by atoms with van der Waals surface area (Å²) in [7, 11) is 0. The third kappa shape index (κ3) is 18.5. The molecular weight excluding hydrogens is 567 g/mol. The normalized spacial score (nSPS) is 14.6. The third-order valence-corrected chi connectivity index (χ3v) is 6.92. The molecule has 0 rings (SSSR count). The predicted molar refractivity (Wildman–Crippen MR) is 202 cm³/mol. The van der Waals surface area contributed by atoms with Gasteiger partial charge >= 0.3 is 0 Å². The number of hydrogen-bond acceptors (Lipinski definition) is 3. The second-order valence-electron chi connectivity index (χ2n) is 11.1. The van der Waals surface area contributed by atoms with E-state index in [1.54, 1.807) is 0 Å². The lowest BCUT2D eigenvalue weighted by Crippen LogP contribution is -2.13. The molecule has 0 spiro atoms. The summed E-state index contributed by atoms with van der Waals surface area (Å²) in [6, 6.07) is 0. The van der Waals surface area contributed by atoms with Crippen LogP contribution in [0.2, 0.25) is 0 Å². The molecule has 0 atom stereocenters. The Bertz CT molecular complexity index is 1340. The van der Waals surface area contributed by atoms with Crippen molar-refractivity contribution in [1.29, 1.82) is 0 Å². The fourth-order valence-electron chi connectivity index (χ4n) is 4.18. The molecule has 0 aromatic carbocycles. The lowest BCUT2D eigenvalue weighted by atomic mass is 9.98. The first-order valence-corrected chi connectivity index (χ1v) is 16.0. The molecule has 0 saturated carbocycles. The second-order valence-corrected chi connectivity index (χ2v) is 11.1. The molecule has 0 heterocycles. The maximum Gasteiger partial charge on any atom is 0.123 e. The molecular formula is C42H59FN2O. The van der Waals surface area contributed by atoms with Gasteiger partial charge in [-0.05, 0) is 115 Å². The van der Waals surface area contributed by atoms with Crippen LogP contribution in [-0.4, -0.2) is 18.3 Å². The van der Waals surface area contributed by atoms with E-state index in [2.05, 4.69) is 95.8 Å². The highest BCUT2D eigenvalue weighted by Crippen LogP contribution is 2.20. The van der Waals surface area contributed by atoms with Crippen molar-refractivity contribution in [3.63, 3.8) is 0 Å². The minimum Gasteiger partial charge on any atom is -0.495 e. The van der Waals surface area contributed by atoms with Gasteiger partial charge in [-0.3, -0.25) is 0 Å². The van der Waals surface area contributed by atoms with Crippen LogP contribution in [0.25, 0.3) is 0 Å². The van der Waals surface area contributed by atoms with Crippen molar-refractivity contribution in [1.82, 2.24) is 10.4 Å². The van der Waals surface area contributed by atoms with Crippen LogP contribution in [0.1, 0.15) is 81.1 Å². The fraction of sp³-hybridized carbons (Fsp3) is 0.333. The zero-order valence-electron chi connectivity index (χ0n) is 29.9. The van der Waals surface area contributed by atoms with Crippen molar-refractivity contribution in [2.24, 2.45) is 0 Å².